The van der Waals surface area contributed by atoms with Gasteiger partial charge in [-0.05, 0) is 61.1 Å². The number of nitrogens with zero attached hydrogens (tertiary/aromatic N) is 2. The highest BCUT2D eigenvalue weighted by Crippen LogP contribution is 2.23. The van der Waals surface area contributed by atoms with Crippen LogP contribution >= 0.6 is 0 Å². The first-order valence-corrected chi connectivity index (χ1v) is 10.2. The number of hydrogen-bond acceptors (Lipinski definition) is 3. The molecule has 0 atom stereocenters. The molecule has 1 heterocycles. The maximum absolute atomic E-state index is 12.9. The van der Waals surface area contributed by atoms with Crippen LogP contribution in [0.3, 0.4) is 0 Å². The lowest BCUT2D eigenvalue weighted by Crippen LogP contribution is -2.50. The van der Waals surface area contributed by atoms with Gasteiger partial charge in [0.05, 0.1) is 6.54 Å². The minimum absolute atomic E-state index is 0.0133. The predicted molar refractivity (Wildman–Crippen MR) is 110 cm³/mol. The summed E-state index contributed by atoms with van der Waals surface area (Å²) in [7, 11) is 0. The van der Waals surface area contributed by atoms with Crippen LogP contribution in [0.5, 0.6) is 0 Å². The van der Waals surface area contributed by atoms with Crippen LogP contribution in [0.1, 0.15) is 34.3 Å². The zero-order chi connectivity index (χ0) is 19.3. The molecule has 0 aromatic heterocycles. The number of benzene rings is 2. The van der Waals surface area contributed by atoms with E-state index in [1.54, 1.807) is 0 Å². The maximum atomic E-state index is 12.9. The third kappa shape index (κ3) is 4.42. The quantitative estimate of drug-likeness (QED) is 0.891. The van der Waals surface area contributed by atoms with Crippen molar-refractivity contribution in [3.8, 4) is 0 Å². The Morgan fingerprint density at radius 2 is 1.57 bits per heavy atom. The van der Waals surface area contributed by atoms with Crippen molar-refractivity contribution in [2.75, 3.05) is 38.0 Å². The summed E-state index contributed by atoms with van der Waals surface area (Å²) in [5.41, 5.74) is 4.36. The van der Waals surface area contributed by atoms with Crippen LogP contribution in [0.2, 0.25) is 0 Å². The second-order valence-electron chi connectivity index (χ2n) is 7.67. The zero-order valence-corrected chi connectivity index (χ0v) is 16.2. The highest BCUT2D eigenvalue weighted by atomic mass is 16.2. The number of rotatable bonds is 4. The van der Waals surface area contributed by atoms with Gasteiger partial charge in [0.15, 0.2) is 0 Å². The molecular weight excluding hydrogens is 350 g/mol. The molecule has 1 aliphatic heterocycles. The molecule has 28 heavy (non-hydrogen) atoms. The van der Waals surface area contributed by atoms with Gasteiger partial charge in [-0.1, -0.05) is 24.3 Å². The fourth-order valence-corrected chi connectivity index (χ4v) is 4.08. The van der Waals surface area contributed by atoms with E-state index in [1.165, 1.54) is 24.0 Å². The minimum Gasteiger partial charge on any atom is -0.336 e. The highest BCUT2D eigenvalue weighted by Gasteiger charge is 2.24. The zero-order valence-electron chi connectivity index (χ0n) is 16.2. The molecule has 1 fully saturated rings. The van der Waals surface area contributed by atoms with E-state index in [1.807, 2.05) is 41.3 Å². The first kappa shape index (κ1) is 18.7. The Labute approximate surface area is 166 Å². The first-order chi connectivity index (χ1) is 13.7. The van der Waals surface area contributed by atoms with Crippen molar-refractivity contribution < 1.29 is 9.59 Å². The molecule has 2 aromatic rings. The summed E-state index contributed by atoms with van der Waals surface area (Å²) in [6, 6.07) is 15.7. The third-order valence-electron chi connectivity index (χ3n) is 5.68. The van der Waals surface area contributed by atoms with Crippen LogP contribution < -0.4 is 5.32 Å². The second kappa shape index (κ2) is 8.57. The third-order valence-corrected chi connectivity index (χ3v) is 5.68. The van der Waals surface area contributed by atoms with Crippen molar-refractivity contribution in [1.82, 2.24) is 9.80 Å². The van der Waals surface area contributed by atoms with Crippen molar-refractivity contribution in [3.63, 3.8) is 0 Å². The summed E-state index contributed by atoms with van der Waals surface area (Å²) in [6.07, 6.45) is 4.68. The molecule has 2 aliphatic rings. The van der Waals surface area contributed by atoms with Crippen LogP contribution in [0.15, 0.2) is 48.5 Å². The lowest BCUT2D eigenvalue weighted by Gasteiger charge is -2.34. The van der Waals surface area contributed by atoms with Gasteiger partial charge in [0.1, 0.15) is 0 Å². The van der Waals surface area contributed by atoms with Gasteiger partial charge in [-0.2, -0.15) is 0 Å². The van der Waals surface area contributed by atoms with Gasteiger partial charge in [0.25, 0.3) is 5.91 Å². The van der Waals surface area contributed by atoms with Crippen molar-refractivity contribution in [2.45, 2.75) is 25.7 Å². The SMILES string of the molecule is O=C(CN1CCN(C(=O)c2ccc3c(c2)CCCC3)CC1)Nc1ccccc1. The van der Waals surface area contributed by atoms with Gasteiger partial charge < -0.3 is 10.2 Å². The van der Waals surface area contributed by atoms with Gasteiger partial charge in [0.2, 0.25) is 5.91 Å². The molecule has 5 nitrogen and oxygen atoms in total. The molecule has 0 bridgehead atoms. The van der Waals surface area contributed by atoms with Crippen LogP contribution in [-0.2, 0) is 17.6 Å². The Balaban J connectivity index is 1.29. The van der Waals surface area contributed by atoms with Crippen LogP contribution in [0.25, 0.3) is 0 Å². The van der Waals surface area contributed by atoms with Crippen molar-refractivity contribution in [1.29, 1.82) is 0 Å². The van der Waals surface area contributed by atoms with Crippen LogP contribution in [-0.4, -0.2) is 54.3 Å². The summed E-state index contributed by atoms with van der Waals surface area (Å²) in [5, 5.41) is 2.92. The monoisotopic (exact) mass is 377 g/mol. The Morgan fingerprint density at radius 1 is 0.857 bits per heavy atom. The number of carbonyl (C=O) groups is 2. The van der Waals surface area contributed by atoms with Gasteiger partial charge in [0, 0.05) is 37.4 Å². The summed E-state index contributed by atoms with van der Waals surface area (Å²) in [6.45, 7) is 3.12. The highest BCUT2D eigenvalue weighted by molar-refractivity contribution is 5.95. The average molecular weight is 377 g/mol. The topological polar surface area (TPSA) is 52.7 Å². The number of amides is 2. The van der Waals surface area contributed by atoms with Crippen molar-refractivity contribution >= 4 is 17.5 Å². The lowest BCUT2D eigenvalue weighted by atomic mass is 9.90. The molecule has 2 amide bonds. The molecule has 2 aromatic carbocycles. The van der Waals surface area contributed by atoms with E-state index in [0.717, 1.165) is 37.2 Å². The Bertz CT molecular complexity index is 842. The largest absolute Gasteiger partial charge is 0.336 e. The number of carbonyl (C=O) groups excluding carboxylic acids is 2. The number of anilines is 1. The Hall–Kier alpha value is -2.66. The van der Waals surface area contributed by atoms with E-state index in [-0.39, 0.29) is 11.8 Å². The van der Waals surface area contributed by atoms with E-state index >= 15 is 0 Å². The summed E-state index contributed by atoms with van der Waals surface area (Å²) >= 11 is 0. The molecule has 1 aliphatic carbocycles. The van der Waals surface area contributed by atoms with E-state index in [9.17, 15) is 9.59 Å². The van der Waals surface area contributed by atoms with Gasteiger partial charge in [-0.25, -0.2) is 0 Å². The number of piperazine rings is 1. The Kier molecular flexibility index (Phi) is 5.72. The van der Waals surface area contributed by atoms with E-state index < -0.39 is 0 Å². The van der Waals surface area contributed by atoms with Crippen LogP contribution in [0, 0.1) is 0 Å². The maximum Gasteiger partial charge on any atom is 0.253 e. The number of hydrogen-bond donors (Lipinski definition) is 1. The van der Waals surface area contributed by atoms with Gasteiger partial charge in [-0.15, -0.1) is 0 Å². The number of fused-ring (bicyclic) bond motifs is 1. The van der Waals surface area contributed by atoms with Crippen molar-refractivity contribution in [3.05, 3.63) is 65.2 Å². The van der Waals surface area contributed by atoms with Crippen molar-refractivity contribution in [2.24, 2.45) is 0 Å². The first-order valence-electron chi connectivity index (χ1n) is 10.2. The molecule has 1 N–H and O–H groups in total. The van der Waals surface area contributed by atoms with E-state index in [2.05, 4.69) is 22.3 Å². The molecule has 5 heteroatoms. The standard InChI is InChI=1S/C23H27N3O2/c27-22(24-21-8-2-1-3-9-21)17-25-12-14-26(15-13-25)23(28)20-11-10-18-6-4-5-7-19(18)16-20/h1-3,8-11,16H,4-7,12-15,17H2,(H,24,27). The second-order valence-corrected chi connectivity index (χ2v) is 7.67. The fraction of sp³-hybridized carbons (Fsp3) is 0.391. The molecule has 4 rings (SSSR count). The summed E-state index contributed by atoms with van der Waals surface area (Å²) < 4.78 is 0. The average Bonchev–Trinajstić information content (AvgIpc) is 2.74. The Morgan fingerprint density at radius 3 is 2.32 bits per heavy atom. The number of para-hydroxylation sites is 1. The predicted octanol–water partition coefficient (Wildman–Crippen LogP) is 2.96. The van der Waals surface area contributed by atoms with Crippen LogP contribution in [0.4, 0.5) is 5.69 Å². The minimum atomic E-state index is -0.0133. The summed E-state index contributed by atoms with van der Waals surface area (Å²) in [4.78, 5) is 29.1. The molecule has 0 unspecified atom stereocenters. The molecule has 0 spiro atoms. The molecule has 1 saturated heterocycles. The number of nitrogens with one attached hydrogen (secondary N) is 1. The molecule has 0 radical (unpaired) electrons. The lowest BCUT2D eigenvalue weighted by molar-refractivity contribution is -0.117. The van der Waals surface area contributed by atoms with Gasteiger partial charge in [-0.3, -0.25) is 14.5 Å². The smallest absolute Gasteiger partial charge is 0.253 e. The normalized spacial score (nSPS) is 17.1. The summed E-state index contributed by atoms with van der Waals surface area (Å²) in [5.74, 6) is 0.0995. The molecular formula is C23H27N3O2. The number of aryl methyl sites for hydroxylation is 2. The van der Waals surface area contributed by atoms with E-state index in [4.69, 9.17) is 0 Å². The fourth-order valence-electron chi connectivity index (χ4n) is 4.08. The van der Waals surface area contributed by atoms with E-state index in [0.29, 0.717) is 19.6 Å². The molecule has 0 saturated carbocycles. The van der Waals surface area contributed by atoms with Gasteiger partial charge >= 0.3 is 0 Å². The molecule has 146 valence electrons.